The molecule has 2 N–H and O–H groups in total. The summed E-state index contributed by atoms with van der Waals surface area (Å²) in [6.07, 6.45) is 0. The number of likely N-dealkylation sites (tertiary alicyclic amines) is 1. The van der Waals surface area contributed by atoms with Gasteiger partial charge in [-0.25, -0.2) is 5.48 Å². The molecule has 3 aromatic rings. The molecule has 7 nitrogen and oxygen atoms in total. The van der Waals surface area contributed by atoms with Gasteiger partial charge in [0.25, 0.3) is 5.91 Å². The third-order valence-electron chi connectivity index (χ3n) is 6.26. The van der Waals surface area contributed by atoms with Crippen LogP contribution in [0.25, 0.3) is 10.9 Å². The van der Waals surface area contributed by atoms with Crippen molar-refractivity contribution in [3.8, 4) is 5.75 Å². The number of hydrogen-bond acceptors (Lipinski definition) is 5. The van der Waals surface area contributed by atoms with Crippen LogP contribution in [-0.4, -0.2) is 39.5 Å². The highest BCUT2D eigenvalue weighted by Crippen LogP contribution is 2.35. The van der Waals surface area contributed by atoms with Gasteiger partial charge >= 0.3 is 0 Å². The molecule has 7 heteroatoms. The van der Waals surface area contributed by atoms with Crippen molar-refractivity contribution in [2.75, 3.05) is 6.54 Å². The Morgan fingerprint density at radius 2 is 1.97 bits per heavy atom. The van der Waals surface area contributed by atoms with E-state index < -0.39 is 11.9 Å². The highest BCUT2D eigenvalue weighted by molar-refractivity contribution is 5.89. The van der Waals surface area contributed by atoms with Crippen LogP contribution in [0, 0.1) is 12.8 Å². The lowest BCUT2D eigenvalue weighted by Gasteiger charge is -2.22. The van der Waals surface area contributed by atoms with E-state index >= 15 is 0 Å². The zero-order chi connectivity index (χ0) is 22.8. The van der Waals surface area contributed by atoms with Crippen molar-refractivity contribution in [1.29, 1.82) is 0 Å². The molecule has 1 aliphatic rings. The number of nitrogens with zero attached hydrogens (tertiary/aromatic N) is 2. The molecule has 0 radical (unpaired) electrons. The minimum absolute atomic E-state index is 0.0303. The quantitative estimate of drug-likeness (QED) is 0.458. The van der Waals surface area contributed by atoms with Crippen molar-refractivity contribution in [2.45, 2.75) is 39.3 Å². The Balaban J connectivity index is 1.46. The van der Waals surface area contributed by atoms with Crippen LogP contribution < -0.4 is 10.2 Å². The van der Waals surface area contributed by atoms with Crippen LogP contribution in [0.3, 0.4) is 0 Å². The lowest BCUT2D eigenvalue weighted by Crippen LogP contribution is -2.45. The second-order valence-electron chi connectivity index (χ2n) is 8.34. The van der Waals surface area contributed by atoms with Crippen LogP contribution in [0.2, 0.25) is 0 Å². The number of pyridine rings is 1. The van der Waals surface area contributed by atoms with Gasteiger partial charge in [0.1, 0.15) is 18.4 Å². The normalized spacial score (nSPS) is 19.2. The minimum atomic E-state index is -0.721. The molecular formula is C25H27N3O4. The summed E-state index contributed by atoms with van der Waals surface area (Å²) in [5.41, 5.74) is 5.63. The Labute approximate surface area is 187 Å². The second-order valence-corrected chi connectivity index (χ2v) is 8.34. The molecule has 32 heavy (non-hydrogen) atoms. The van der Waals surface area contributed by atoms with E-state index in [1.54, 1.807) is 12.4 Å². The van der Waals surface area contributed by atoms with E-state index in [1.807, 2.05) is 68.4 Å². The fraction of sp³-hybridized carbons (Fsp3) is 0.320. The fourth-order valence-corrected chi connectivity index (χ4v) is 4.36. The summed E-state index contributed by atoms with van der Waals surface area (Å²) >= 11 is 0. The number of hydroxylamine groups is 1. The Bertz CT molecular complexity index is 1150. The smallest absolute Gasteiger partial charge is 0.265 e. The third kappa shape index (κ3) is 4.16. The van der Waals surface area contributed by atoms with E-state index in [2.05, 4.69) is 4.98 Å². The number of nitrogens with one attached hydrogen (secondary N) is 1. The van der Waals surface area contributed by atoms with Crippen LogP contribution in [0.15, 0.2) is 54.6 Å². The van der Waals surface area contributed by atoms with Crippen LogP contribution >= 0.6 is 0 Å². The number of amides is 2. The molecule has 1 saturated heterocycles. The van der Waals surface area contributed by atoms with E-state index in [-0.39, 0.29) is 17.7 Å². The van der Waals surface area contributed by atoms with Gasteiger partial charge in [0.05, 0.1) is 5.52 Å². The molecule has 0 spiro atoms. The number of para-hydroxylation sites is 1. The molecular weight excluding hydrogens is 406 g/mol. The number of ether oxygens (including phenoxy) is 1. The van der Waals surface area contributed by atoms with Gasteiger partial charge in [0.2, 0.25) is 5.91 Å². The van der Waals surface area contributed by atoms with E-state index in [9.17, 15) is 9.59 Å². The topological polar surface area (TPSA) is 91.8 Å². The van der Waals surface area contributed by atoms with Crippen molar-refractivity contribution < 1.29 is 19.5 Å². The number of fused-ring (bicyclic) bond motifs is 1. The van der Waals surface area contributed by atoms with E-state index in [0.29, 0.717) is 13.2 Å². The molecule has 3 atom stereocenters. The summed E-state index contributed by atoms with van der Waals surface area (Å²) < 4.78 is 6.04. The van der Waals surface area contributed by atoms with E-state index in [0.717, 1.165) is 33.5 Å². The van der Waals surface area contributed by atoms with Gasteiger partial charge in [-0.15, -0.1) is 0 Å². The van der Waals surface area contributed by atoms with Crippen molar-refractivity contribution in [3.05, 3.63) is 71.4 Å². The molecule has 0 saturated carbocycles. The molecule has 166 valence electrons. The number of carbonyl (C=O) groups excluding carboxylic acids is 2. The highest BCUT2D eigenvalue weighted by Gasteiger charge is 2.41. The first-order valence-corrected chi connectivity index (χ1v) is 10.7. The van der Waals surface area contributed by atoms with Gasteiger partial charge in [0, 0.05) is 35.0 Å². The summed E-state index contributed by atoms with van der Waals surface area (Å²) in [5, 5.41) is 9.96. The summed E-state index contributed by atoms with van der Waals surface area (Å²) in [6.45, 7) is 6.32. The molecule has 2 amide bonds. The monoisotopic (exact) mass is 433 g/mol. The average molecular weight is 434 g/mol. The number of benzene rings is 2. The lowest BCUT2D eigenvalue weighted by molar-refractivity contribution is -0.142. The maximum Gasteiger partial charge on any atom is 0.265 e. The zero-order valence-corrected chi connectivity index (χ0v) is 18.4. The Morgan fingerprint density at radius 1 is 1.25 bits per heavy atom. The van der Waals surface area contributed by atoms with Gasteiger partial charge in [-0.3, -0.25) is 19.8 Å². The van der Waals surface area contributed by atoms with E-state index in [4.69, 9.17) is 9.94 Å². The molecule has 1 fully saturated rings. The van der Waals surface area contributed by atoms with Gasteiger partial charge < -0.3 is 9.64 Å². The summed E-state index contributed by atoms with van der Waals surface area (Å²) in [4.78, 5) is 30.5. The molecule has 1 unspecified atom stereocenters. The van der Waals surface area contributed by atoms with Crippen molar-refractivity contribution in [3.63, 3.8) is 0 Å². The van der Waals surface area contributed by atoms with Gasteiger partial charge in [-0.2, -0.15) is 0 Å². The zero-order valence-electron chi connectivity index (χ0n) is 18.4. The summed E-state index contributed by atoms with van der Waals surface area (Å²) in [7, 11) is 0. The standard InChI is InChI=1S/C25H27N3O4/c1-15-12-19(21-6-4-5-7-23(21)26-15)14-32-20-10-8-18(9-11-20)22-13-28(25(30)16(22)2)17(3)24(29)27-31/h4-12,16-17,22,31H,13-14H2,1-3H3,(H,27,29)/t16-,17+,22?/m0/s1. The van der Waals surface area contributed by atoms with Crippen molar-refractivity contribution in [1.82, 2.24) is 15.4 Å². The molecule has 2 heterocycles. The fourth-order valence-electron chi connectivity index (χ4n) is 4.36. The summed E-state index contributed by atoms with van der Waals surface area (Å²) in [5.74, 6) is -0.214. The molecule has 1 aromatic heterocycles. The average Bonchev–Trinajstić information content (AvgIpc) is 3.11. The van der Waals surface area contributed by atoms with Crippen molar-refractivity contribution in [2.24, 2.45) is 5.92 Å². The lowest BCUT2D eigenvalue weighted by atomic mass is 9.90. The highest BCUT2D eigenvalue weighted by atomic mass is 16.5. The summed E-state index contributed by atoms with van der Waals surface area (Å²) in [6, 6.07) is 17.1. The number of aromatic nitrogens is 1. The maximum atomic E-state index is 12.6. The SMILES string of the molecule is Cc1cc(COc2ccc(C3CN([C@H](C)C(=O)NO)C(=O)[C@H]3C)cc2)c2ccccc2n1. The second kappa shape index (κ2) is 8.96. The van der Waals surface area contributed by atoms with Crippen LogP contribution in [-0.2, 0) is 16.2 Å². The van der Waals surface area contributed by atoms with Crippen LogP contribution in [0.4, 0.5) is 0 Å². The van der Waals surface area contributed by atoms with Gasteiger partial charge in [0.15, 0.2) is 0 Å². The molecule has 0 aliphatic carbocycles. The first-order chi connectivity index (χ1) is 15.4. The molecule has 2 aromatic carbocycles. The minimum Gasteiger partial charge on any atom is -0.489 e. The van der Waals surface area contributed by atoms with Crippen LogP contribution in [0.1, 0.15) is 36.6 Å². The Morgan fingerprint density at radius 3 is 2.69 bits per heavy atom. The molecule has 0 bridgehead atoms. The number of aryl methyl sites for hydroxylation is 1. The number of rotatable bonds is 6. The Kier molecular flexibility index (Phi) is 6.10. The maximum absolute atomic E-state index is 12.6. The Hall–Kier alpha value is -3.45. The van der Waals surface area contributed by atoms with Crippen molar-refractivity contribution >= 4 is 22.7 Å². The molecule has 1 aliphatic heterocycles. The largest absolute Gasteiger partial charge is 0.489 e. The number of hydrogen-bond donors (Lipinski definition) is 2. The molecule has 4 rings (SSSR count). The predicted molar refractivity (Wildman–Crippen MR) is 120 cm³/mol. The third-order valence-corrected chi connectivity index (χ3v) is 6.26. The van der Waals surface area contributed by atoms with Gasteiger partial charge in [-0.1, -0.05) is 37.3 Å². The van der Waals surface area contributed by atoms with Crippen LogP contribution in [0.5, 0.6) is 5.75 Å². The van der Waals surface area contributed by atoms with Gasteiger partial charge in [-0.05, 0) is 43.7 Å². The predicted octanol–water partition coefficient (Wildman–Crippen LogP) is 3.58. The van der Waals surface area contributed by atoms with E-state index in [1.165, 1.54) is 4.90 Å². The number of carbonyl (C=O) groups is 2. The first kappa shape index (κ1) is 21.8. The first-order valence-electron chi connectivity index (χ1n) is 10.7.